The lowest BCUT2D eigenvalue weighted by Gasteiger charge is -2.44. The molecule has 1 amide bonds. The van der Waals surface area contributed by atoms with Crippen LogP contribution in [0.1, 0.15) is 25.8 Å². The van der Waals surface area contributed by atoms with Crippen molar-refractivity contribution in [3.63, 3.8) is 0 Å². The lowest BCUT2D eigenvalue weighted by atomic mass is 9.96. The van der Waals surface area contributed by atoms with Crippen LogP contribution in [-0.4, -0.2) is 56.4 Å². The number of aryl methyl sites for hydroxylation is 1. The molecule has 1 saturated heterocycles. The number of phenolic OH excluding ortho intramolecular Hbond substituents is 1. The van der Waals surface area contributed by atoms with E-state index >= 15 is 0 Å². The van der Waals surface area contributed by atoms with Crippen molar-refractivity contribution in [3.05, 3.63) is 94.9 Å². The molecule has 3 aromatic carbocycles. The molecule has 3 heterocycles. The fraction of sp³-hybridized carbons (Fsp3) is 0.303. The molecule has 0 saturated carbocycles. The number of amides is 1. The fourth-order valence-corrected chi connectivity index (χ4v) is 7.19. The number of nitrogens with zero attached hydrogens (tertiary/aromatic N) is 4. The average Bonchev–Trinajstić information content (AvgIpc) is 3.24. The second kappa shape index (κ2) is 13.1. The number of thioether (sulfide) groups is 1. The van der Waals surface area contributed by atoms with E-state index in [1.807, 2.05) is 13.8 Å². The normalized spacial score (nSPS) is 18.1. The van der Waals surface area contributed by atoms with Crippen molar-refractivity contribution in [2.45, 2.75) is 50.0 Å². The summed E-state index contributed by atoms with van der Waals surface area (Å²) in [4.78, 5) is 33.8. The Morgan fingerprint density at radius 2 is 1.61 bits per heavy atom. The molecule has 7 nitrogen and oxygen atoms in total. The van der Waals surface area contributed by atoms with E-state index in [1.54, 1.807) is 9.80 Å². The fourth-order valence-electron chi connectivity index (χ4n) is 5.98. The molecular formula is C33H31F5N4O3S. The molecule has 0 bridgehead atoms. The van der Waals surface area contributed by atoms with Crippen LogP contribution in [0, 0.1) is 11.6 Å². The third-order valence-corrected chi connectivity index (χ3v) is 9.06. The number of piperazine rings is 1. The highest BCUT2D eigenvalue weighted by Crippen LogP contribution is 2.48. The van der Waals surface area contributed by atoms with Gasteiger partial charge in [-0.25, -0.2) is 13.6 Å². The van der Waals surface area contributed by atoms with E-state index in [4.69, 9.17) is 5.11 Å². The quantitative estimate of drug-likeness (QED) is 0.192. The van der Waals surface area contributed by atoms with Crippen LogP contribution in [0.25, 0.3) is 22.0 Å². The molecular weight excluding hydrogens is 627 g/mol. The third kappa shape index (κ3) is 6.60. The first kappa shape index (κ1) is 33.0. The molecule has 0 aliphatic carbocycles. The van der Waals surface area contributed by atoms with E-state index in [0.717, 1.165) is 18.2 Å². The highest BCUT2D eigenvalue weighted by Gasteiger charge is 2.39. The number of alkyl halides is 3. The number of carbonyl (C=O) groups is 1. The summed E-state index contributed by atoms with van der Waals surface area (Å²) in [6.45, 7) is 8.15. The third-order valence-electron chi connectivity index (χ3n) is 7.88. The molecule has 46 heavy (non-hydrogen) atoms. The SMILES string of the molecule is C=CC(=O)N1C(C)CN(c2nc(=O)n3c4c(c(-c5ccc(F)cc5)c(C(F)(F)F)cc24)SCCC3)CC1C.Oc1ccc(F)cc1. The maximum atomic E-state index is 14.6. The minimum atomic E-state index is -4.71. The van der Waals surface area contributed by atoms with Crippen LogP contribution >= 0.6 is 11.8 Å². The van der Waals surface area contributed by atoms with Gasteiger partial charge in [-0.1, -0.05) is 18.7 Å². The second-order valence-corrected chi connectivity index (χ2v) is 12.2. The average molecular weight is 659 g/mol. The van der Waals surface area contributed by atoms with Gasteiger partial charge < -0.3 is 14.9 Å². The largest absolute Gasteiger partial charge is 0.508 e. The van der Waals surface area contributed by atoms with Gasteiger partial charge in [0.2, 0.25) is 5.91 Å². The number of hydrogen-bond acceptors (Lipinski definition) is 6. The minimum Gasteiger partial charge on any atom is -0.508 e. The van der Waals surface area contributed by atoms with Crippen LogP contribution in [-0.2, 0) is 17.5 Å². The van der Waals surface area contributed by atoms with Crippen molar-refractivity contribution in [3.8, 4) is 16.9 Å². The predicted octanol–water partition coefficient (Wildman–Crippen LogP) is 6.86. The van der Waals surface area contributed by atoms with E-state index in [1.165, 1.54) is 58.8 Å². The number of benzene rings is 3. The molecule has 1 aromatic heterocycles. The van der Waals surface area contributed by atoms with Gasteiger partial charge in [0.15, 0.2) is 0 Å². The summed E-state index contributed by atoms with van der Waals surface area (Å²) < 4.78 is 70.9. The van der Waals surface area contributed by atoms with E-state index in [9.17, 15) is 31.5 Å². The summed E-state index contributed by atoms with van der Waals surface area (Å²) in [6.07, 6.45) is -2.89. The smallest absolute Gasteiger partial charge is 0.417 e. The second-order valence-electron chi connectivity index (χ2n) is 11.1. The molecule has 2 atom stereocenters. The molecule has 6 rings (SSSR count). The zero-order valence-electron chi connectivity index (χ0n) is 25.0. The summed E-state index contributed by atoms with van der Waals surface area (Å²) in [5, 5.41) is 8.82. The highest BCUT2D eigenvalue weighted by molar-refractivity contribution is 7.99. The number of aromatic nitrogens is 2. The Hall–Kier alpha value is -4.39. The van der Waals surface area contributed by atoms with Crippen molar-refractivity contribution in [2.75, 3.05) is 23.7 Å². The molecule has 242 valence electrons. The number of rotatable bonds is 3. The Morgan fingerprint density at radius 1 is 1.02 bits per heavy atom. The van der Waals surface area contributed by atoms with Gasteiger partial charge in [-0.15, -0.1) is 11.8 Å². The van der Waals surface area contributed by atoms with Crippen LogP contribution in [0.3, 0.4) is 0 Å². The van der Waals surface area contributed by atoms with Gasteiger partial charge in [-0.2, -0.15) is 18.2 Å². The molecule has 4 aromatic rings. The van der Waals surface area contributed by atoms with Gasteiger partial charge in [-0.3, -0.25) is 9.36 Å². The zero-order chi connectivity index (χ0) is 33.3. The van der Waals surface area contributed by atoms with E-state index < -0.39 is 23.2 Å². The Labute approximate surface area is 266 Å². The summed E-state index contributed by atoms with van der Waals surface area (Å²) in [5.41, 5.74) is -0.840. The van der Waals surface area contributed by atoms with Crippen molar-refractivity contribution >= 4 is 34.4 Å². The molecule has 1 N–H and O–H groups in total. The van der Waals surface area contributed by atoms with Crippen molar-refractivity contribution in [1.82, 2.24) is 14.5 Å². The topological polar surface area (TPSA) is 78.7 Å². The summed E-state index contributed by atoms with van der Waals surface area (Å²) in [5.74, 6) is -0.342. The van der Waals surface area contributed by atoms with Crippen LogP contribution in [0.2, 0.25) is 0 Å². The molecule has 0 spiro atoms. The van der Waals surface area contributed by atoms with Crippen LogP contribution in [0.4, 0.5) is 27.8 Å². The molecule has 2 aliphatic rings. The first-order valence-electron chi connectivity index (χ1n) is 14.5. The number of anilines is 1. The lowest BCUT2D eigenvalue weighted by Crippen LogP contribution is -2.58. The van der Waals surface area contributed by atoms with Crippen molar-refractivity contribution in [2.24, 2.45) is 0 Å². The first-order valence-corrected chi connectivity index (χ1v) is 15.5. The Kier molecular flexibility index (Phi) is 9.43. The van der Waals surface area contributed by atoms with Gasteiger partial charge in [-0.05, 0) is 80.1 Å². The summed E-state index contributed by atoms with van der Waals surface area (Å²) in [7, 11) is 0. The Bertz CT molecular complexity index is 1790. The van der Waals surface area contributed by atoms with Crippen LogP contribution < -0.4 is 10.6 Å². The van der Waals surface area contributed by atoms with Gasteiger partial charge in [0.25, 0.3) is 0 Å². The van der Waals surface area contributed by atoms with Crippen LogP contribution in [0.5, 0.6) is 5.75 Å². The lowest BCUT2D eigenvalue weighted by molar-refractivity contribution is -0.137. The first-order chi connectivity index (χ1) is 21.8. The van der Waals surface area contributed by atoms with Crippen LogP contribution in [0.15, 0.2) is 76.9 Å². The monoisotopic (exact) mass is 658 g/mol. The molecule has 2 aliphatic heterocycles. The number of halogens is 5. The maximum Gasteiger partial charge on any atom is 0.417 e. The van der Waals surface area contributed by atoms with E-state index in [0.29, 0.717) is 42.2 Å². The number of phenols is 1. The highest BCUT2D eigenvalue weighted by atomic mass is 32.2. The minimum absolute atomic E-state index is 0.0645. The maximum absolute atomic E-state index is 14.6. The summed E-state index contributed by atoms with van der Waals surface area (Å²) >= 11 is 1.27. The molecule has 1 fully saturated rings. The van der Waals surface area contributed by atoms with Crippen molar-refractivity contribution < 1.29 is 31.9 Å². The Balaban J connectivity index is 0.000000455. The number of hydrogen-bond donors (Lipinski definition) is 1. The Morgan fingerprint density at radius 3 is 2.15 bits per heavy atom. The predicted molar refractivity (Wildman–Crippen MR) is 168 cm³/mol. The van der Waals surface area contributed by atoms with Gasteiger partial charge >= 0.3 is 11.9 Å². The van der Waals surface area contributed by atoms with Gasteiger partial charge in [0.1, 0.15) is 23.2 Å². The standard InChI is InChI=1S/C27H26F4N4O2S.C6H5FO/c1-4-21(36)35-15(2)13-33(14-16(35)3)25-19-12-20(27(29,30)31)22(17-6-8-18(28)9-7-17)24-23(19)34(26(37)32-25)10-5-11-38-24;7-5-1-3-6(8)4-2-5/h4,6-9,12,15-16H,1,5,10-11,13-14H2,2-3H3;1-4,8H. The molecule has 0 radical (unpaired) electrons. The molecule has 13 heteroatoms. The molecule has 2 unspecified atom stereocenters. The van der Waals surface area contributed by atoms with E-state index in [2.05, 4.69) is 11.6 Å². The van der Waals surface area contributed by atoms with Gasteiger partial charge in [0, 0.05) is 47.6 Å². The summed E-state index contributed by atoms with van der Waals surface area (Å²) in [6, 6.07) is 10.4. The number of aromatic hydroxyl groups is 1. The zero-order valence-corrected chi connectivity index (χ0v) is 25.8. The van der Waals surface area contributed by atoms with Crippen molar-refractivity contribution in [1.29, 1.82) is 0 Å². The van der Waals surface area contributed by atoms with E-state index in [-0.39, 0.29) is 51.9 Å². The number of carbonyl (C=O) groups excluding carboxylic acids is 1. The van der Waals surface area contributed by atoms with Gasteiger partial charge in [0.05, 0.1) is 11.1 Å².